The summed E-state index contributed by atoms with van der Waals surface area (Å²) in [6.45, 7) is 2.45. The molecule has 0 atom stereocenters. The molecule has 0 aliphatic carbocycles. The Bertz CT molecular complexity index is 902. The molecule has 0 bridgehead atoms. The van der Waals surface area contributed by atoms with Gasteiger partial charge in [-0.3, -0.25) is 0 Å². The molecule has 0 aliphatic rings. The molecular weight excluding hydrogens is 302 g/mol. The predicted octanol–water partition coefficient (Wildman–Crippen LogP) is 4.03. The Morgan fingerprint density at radius 1 is 1.25 bits per heavy atom. The van der Waals surface area contributed by atoms with Crippen molar-refractivity contribution in [2.24, 2.45) is 0 Å². The molecule has 1 aromatic heterocycles. The Hall–Kier alpha value is -3.26. The summed E-state index contributed by atoms with van der Waals surface area (Å²) >= 11 is 0. The van der Waals surface area contributed by atoms with Crippen LogP contribution in [0.5, 0.6) is 11.5 Å². The van der Waals surface area contributed by atoms with Gasteiger partial charge in [0.05, 0.1) is 30.3 Å². The number of aromatic amines is 1. The standard InChI is InChI=1S/C19H17N3O2/c1-3-24-18-11-13(8-9-17(18)23-2)10-14(12-20)19-21-15-6-4-5-7-16(15)22-19/h4-11H,3H2,1-2H3,(H,21,22)/b14-10-. The molecule has 0 radical (unpaired) electrons. The van der Waals surface area contributed by atoms with Crippen LogP contribution < -0.4 is 9.47 Å². The van der Waals surface area contributed by atoms with Crippen molar-refractivity contribution in [3.63, 3.8) is 0 Å². The van der Waals surface area contributed by atoms with Crippen LogP contribution in [0, 0.1) is 11.3 Å². The Morgan fingerprint density at radius 3 is 2.79 bits per heavy atom. The predicted molar refractivity (Wildman–Crippen MR) is 93.7 cm³/mol. The highest BCUT2D eigenvalue weighted by atomic mass is 16.5. The molecule has 0 saturated carbocycles. The summed E-state index contributed by atoms with van der Waals surface area (Å²) in [4.78, 5) is 7.64. The summed E-state index contributed by atoms with van der Waals surface area (Å²) in [5.74, 6) is 1.86. The van der Waals surface area contributed by atoms with Crippen LogP contribution in [0.2, 0.25) is 0 Å². The largest absolute Gasteiger partial charge is 0.493 e. The number of H-pyrrole nitrogens is 1. The van der Waals surface area contributed by atoms with Crippen LogP contribution in [-0.2, 0) is 0 Å². The molecule has 0 amide bonds. The fourth-order valence-electron chi connectivity index (χ4n) is 2.45. The van der Waals surface area contributed by atoms with Crippen molar-refractivity contribution in [3.8, 4) is 17.6 Å². The van der Waals surface area contributed by atoms with Gasteiger partial charge in [0.2, 0.25) is 0 Å². The van der Waals surface area contributed by atoms with E-state index in [-0.39, 0.29) is 0 Å². The third kappa shape index (κ3) is 3.08. The summed E-state index contributed by atoms with van der Waals surface area (Å²) in [5.41, 5.74) is 3.03. The second kappa shape index (κ2) is 6.88. The summed E-state index contributed by atoms with van der Waals surface area (Å²) in [6, 6.07) is 15.4. The number of allylic oxidation sites excluding steroid dienone is 1. The first kappa shape index (κ1) is 15.6. The third-order valence-corrected chi connectivity index (χ3v) is 3.56. The molecule has 1 heterocycles. The van der Waals surface area contributed by atoms with Crippen molar-refractivity contribution >= 4 is 22.7 Å². The maximum atomic E-state index is 9.51. The van der Waals surface area contributed by atoms with E-state index in [0.717, 1.165) is 16.6 Å². The minimum atomic E-state index is 0.457. The molecule has 120 valence electrons. The Morgan fingerprint density at radius 2 is 2.08 bits per heavy atom. The lowest BCUT2D eigenvalue weighted by atomic mass is 10.1. The fourth-order valence-corrected chi connectivity index (χ4v) is 2.45. The summed E-state index contributed by atoms with van der Waals surface area (Å²) < 4.78 is 10.9. The van der Waals surface area contributed by atoms with Crippen molar-refractivity contribution < 1.29 is 9.47 Å². The van der Waals surface area contributed by atoms with E-state index < -0.39 is 0 Å². The monoisotopic (exact) mass is 319 g/mol. The molecule has 1 N–H and O–H groups in total. The molecule has 0 saturated heterocycles. The van der Waals surface area contributed by atoms with E-state index in [0.29, 0.717) is 29.5 Å². The van der Waals surface area contributed by atoms with Crippen LogP contribution in [0.25, 0.3) is 22.7 Å². The fraction of sp³-hybridized carbons (Fsp3) is 0.158. The van der Waals surface area contributed by atoms with Crippen molar-refractivity contribution in [3.05, 3.63) is 53.9 Å². The van der Waals surface area contributed by atoms with Crippen LogP contribution in [0.4, 0.5) is 0 Å². The lowest BCUT2D eigenvalue weighted by Gasteiger charge is -2.09. The molecule has 3 rings (SSSR count). The van der Waals surface area contributed by atoms with Crippen LogP contribution in [0.15, 0.2) is 42.5 Å². The highest BCUT2D eigenvalue weighted by Gasteiger charge is 2.09. The van der Waals surface area contributed by atoms with E-state index in [1.165, 1.54) is 0 Å². The lowest BCUT2D eigenvalue weighted by molar-refractivity contribution is 0.311. The van der Waals surface area contributed by atoms with E-state index in [9.17, 15) is 5.26 Å². The van der Waals surface area contributed by atoms with Crippen LogP contribution in [0.1, 0.15) is 18.3 Å². The Balaban J connectivity index is 2.01. The number of rotatable bonds is 5. The van der Waals surface area contributed by atoms with Gasteiger partial charge >= 0.3 is 0 Å². The van der Waals surface area contributed by atoms with Gasteiger partial charge in [0, 0.05) is 0 Å². The quantitative estimate of drug-likeness (QED) is 0.721. The number of para-hydroxylation sites is 2. The lowest BCUT2D eigenvalue weighted by Crippen LogP contribution is -1.95. The molecule has 3 aromatic rings. The van der Waals surface area contributed by atoms with Crippen molar-refractivity contribution in [1.82, 2.24) is 9.97 Å². The van der Waals surface area contributed by atoms with Gasteiger partial charge in [-0.2, -0.15) is 5.26 Å². The van der Waals surface area contributed by atoms with Crippen LogP contribution in [0.3, 0.4) is 0 Å². The van der Waals surface area contributed by atoms with Gasteiger partial charge in [0.1, 0.15) is 11.9 Å². The normalized spacial score (nSPS) is 11.3. The first-order valence-corrected chi connectivity index (χ1v) is 7.63. The number of methoxy groups -OCH3 is 1. The molecule has 0 spiro atoms. The zero-order valence-electron chi connectivity index (χ0n) is 13.5. The number of imidazole rings is 1. The zero-order chi connectivity index (χ0) is 16.9. The van der Waals surface area contributed by atoms with Gasteiger partial charge in [-0.15, -0.1) is 0 Å². The average Bonchev–Trinajstić information content (AvgIpc) is 3.04. The smallest absolute Gasteiger partial charge is 0.161 e. The zero-order valence-corrected chi connectivity index (χ0v) is 13.5. The molecule has 5 heteroatoms. The number of aromatic nitrogens is 2. The van der Waals surface area contributed by atoms with E-state index >= 15 is 0 Å². The maximum Gasteiger partial charge on any atom is 0.161 e. The summed E-state index contributed by atoms with van der Waals surface area (Å²) in [7, 11) is 1.60. The number of hydrogen-bond donors (Lipinski definition) is 1. The molecular formula is C19H17N3O2. The molecule has 5 nitrogen and oxygen atoms in total. The van der Waals surface area contributed by atoms with Gasteiger partial charge < -0.3 is 14.5 Å². The van der Waals surface area contributed by atoms with Gasteiger partial charge in [0.15, 0.2) is 11.5 Å². The van der Waals surface area contributed by atoms with Gasteiger partial charge in [0.25, 0.3) is 0 Å². The second-order valence-electron chi connectivity index (χ2n) is 5.12. The number of nitrogens with zero attached hydrogens (tertiary/aromatic N) is 2. The van der Waals surface area contributed by atoms with Gasteiger partial charge in [-0.1, -0.05) is 18.2 Å². The van der Waals surface area contributed by atoms with E-state index in [1.54, 1.807) is 13.2 Å². The molecule has 0 aliphatic heterocycles. The number of nitriles is 1. The van der Waals surface area contributed by atoms with Crippen LogP contribution in [-0.4, -0.2) is 23.7 Å². The minimum Gasteiger partial charge on any atom is -0.493 e. The van der Waals surface area contributed by atoms with Crippen molar-refractivity contribution in [1.29, 1.82) is 5.26 Å². The molecule has 0 fully saturated rings. The molecule has 0 unspecified atom stereocenters. The number of benzene rings is 2. The SMILES string of the molecule is CCOc1cc(/C=C(/C#N)c2nc3ccccc3[nH]2)ccc1OC. The highest BCUT2D eigenvalue weighted by molar-refractivity contribution is 5.90. The highest BCUT2D eigenvalue weighted by Crippen LogP contribution is 2.29. The van der Waals surface area contributed by atoms with Crippen molar-refractivity contribution in [2.45, 2.75) is 6.92 Å². The number of fused-ring (bicyclic) bond motifs is 1. The Labute approximate surface area is 140 Å². The number of hydrogen-bond acceptors (Lipinski definition) is 4. The topological polar surface area (TPSA) is 70.9 Å². The maximum absolute atomic E-state index is 9.51. The summed E-state index contributed by atoms with van der Waals surface area (Å²) in [6.07, 6.45) is 1.78. The average molecular weight is 319 g/mol. The van der Waals surface area contributed by atoms with Gasteiger partial charge in [-0.25, -0.2) is 4.98 Å². The van der Waals surface area contributed by atoms with E-state index in [2.05, 4.69) is 16.0 Å². The first-order chi connectivity index (χ1) is 11.7. The number of ether oxygens (including phenoxy) is 2. The van der Waals surface area contributed by atoms with E-state index in [1.807, 2.05) is 49.4 Å². The van der Waals surface area contributed by atoms with Gasteiger partial charge in [-0.05, 0) is 42.8 Å². The number of nitrogens with one attached hydrogen (secondary N) is 1. The van der Waals surface area contributed by atoms with E-state index in [4.69, 9.17) is 9.47 Å². The molecule has 2 aromatic carbocycles. The third-order valence-electron chi connectivity index (χ3n) is 3.56. The summed E-state index contributed by atoms with van der Waals surface area (Å²) in [5, 5.41) is 9.51. The van der Waals surface area contributed by atoms with Crippen molar-refractivity contribution in [2.75, 3.05) is 13.7 Å². The molecule has 24 heavy (non-hydrogen) atoms. The Kier molecular flexibility index (Phi) is 4.48. The first-order valence-electron chi connectivity index (χ1n) is 7.63. The van der Waals surface area contributed by atoms with Crippen LogP contribution >= 0.6 is 0 Å². The minimum absolute atomic E-state index is 0.457. The second-order valence-corrected chi connectivity index (χ2v) is 5.12.